The van der Waals surface area contributed by atoms with Gasteiger partial charge in [-0.05, 0) is 57.5 Å². The highest BCUT2D eigenvalue weighted by Gasteiger charge is 2.67. The first-order valence-corrected chi connectivity index (χ1v) is 15.4. The topological polar surface area (TPSA) is 174 Å². The van der Waals surface area contributed by atoms with E-state index in [1.165, 1.54) is 24.2 Å². The van der Waals surface area contributed by atoms with Crippen LogP contribution in [0.2, 0.25) is 0 Å². The number of halogens is 1. The van der Waals surface area contributed by atoms with Gasteiger partial charge in [0.25, 0.3) is 0 Å². The maximum Gasteiger partial charge on any atom is 0.233 e. The predicted molar refractivity (Wildman–Crippen MR) is 162 cm³/mol. The van der Waals surface area contributed by atoms with Crippen molar-refractivity contribution in [3.63, 3.8) is 0 Å². The number of hydrogen-bond acceptors (Lipinski definition) is 9. The number of aromatic hydroxyl groups is 1. The van der Waals surface area contributed by atoms with Gasteiger partial charge in [0.1, 0.15) is 17.5 Å². The lowest BCUT2D eigenvalue weighted by atomic mass is 9.52. The molecule has 0 heterocycles. The number of likely N-dealkylation sites (N-methyl/N-ethyl adjacent to an activating group) is 1. The lowest BCUT2D eigenvalue weighted by Crippen LogP contribution is -2.73. The van der Waals surface area contributed by atoms with Gasteiger partial charge in [-0.3, -0.25) is 24.1 Å². The van der Waals surface area contributed by atoms with Crippen molar-refractivity contribution in [1.82, 2.24) is 10.2 Å². The van der Waals surface area contributed by atoms with Crippen molar-refractivity contribution < 1.29 is 33.8 Å². The summed E-state index contributed by atoms with van der Waals surface area (Å²) in [5, 5.41) is 35.4. The van der Waals surface area contributed by atoms with Gasteiger partial charge in [0.2, 0.25) is 5.91 Å². The van der Waals surface area contributed by atoms with Crippen molar-refractivity contribution in [1.29, 1.82) is 5.41 Å². The number of rotatable bonds is 10. The molecule has 2 fully saturated rings. The Kier molecular flexibility index (Phi) is 8.76. The Bertz CT molecular complexity index is 1560. The fraction of sp³-hybridized carbons (Fsp3) is 0.545. The molecule has 0 radical (unpaired) electrons. The summed E-state index contributed by atoms with van der Waals surface area (Å²) in [4.78, 5) is 55.0. The van der Waals surface area contributed by atoms with E-state index in [1.807, 2.05) is 0 Å². The molecule has 10 nitrogen and oxygen atoms in total. The minimum absolute atomic E-state index is 0.00827. The Morgan fingerprint density at radius 2 is 1.86 bits per heavy atom. The van der Waals surface area contributed by atoms with Crippen molar-refractivity contribution in [3.05, 3.63) is 40.7 Å². The molecule has 5 rings (SSSR count). The van der Waals surface area contributed by atoms with Crippen LogP contribution in [-0.4, -0.2) is 76.4 Å². The third-order valence-corrected chi connectivity index (χ3v) is 9.88. The summed E-state index contributed by atoms with van der Waals surface area (Å²) >= 11 is 0. The Hall–Kier alpha value is -3.54. The van der Waals surface area contributed by atoms with Gasteiger partial charge in [-0.25, -0.2) is 4.39 Å². The first kappa shape index (κ1) is 31.9. The highest BCUT2D eigenvalue weighted by molar-refractivity contribution is 6.33. The summed E-state index contributed by atoms with van der Waals surface area (Å²) in [6.45, 7) is 3.46. The van der Waals surface area contributed by atoms with E-state index < -0.39 is 75.8 Å². The minimum atomic E-state index is -2.60. The fourth-order valence-electron chi connectivity index (χ4n) is 7.72. The van der Waals surface area contributed by atoms with Crippen LogP contribution in [-0.2, 0) is 27.3 Å². The molecular formula is C33H41FN4O6. The second kappa shape index (κ2) is 12.1. The van der Waals surface area contributed by atoms with Crippen molar-refractivity contribution in [2.24, 2.45) is 29.4 Å². The normalized spacial score (nSPS) is 28.3. The predicted octanol–water partition coefficient (Wildman–Crippen LogP) is 2.67. The average molecular weight is 609 g/mol. The number of carbonyl (C=O) groups is 4. The molecule has 11 heteroatoms. The molecule has 2 aromatic carbocycles. The minimum Gasteiger partial charge on any atom is -0.507 e. The SMILES string of the molecule is CCCCCCCNCc1ccc2c(F)c3c(c(O)c2c1)C(=O)C1C(=O)C2(O)C(=N)C(C(N)=O)C(=O)C(N(C)C)C2CC1C3. The zero-order valence-corrected chi connectivity index (χ0v) is 25.4. The standard InChI is InChI=1S/C33H41FN4O6/c1-4-5-6-7-8-11-37-15-16-9-10-18-19(12-16)27(39)23-20(25(18)34)13-17-14-21-26(38(2)3)29(41)24(32(36)43)30(35)33(21,44)31(42)22(17)28(23)40/h9-10,12,17,21-22,24,26,35,37,39,44H,4-8,11,13-15H2,1-3H3,(H2,36,43). The molecule has 6 N–H and O–H groups in total. The Labute approximate surface area is 255 Å². The molecule has 1 amide bonds. The van der Waals surface area contributed by atoms with E-state index >= 15 is 4.39 Å². The van der Waals surface area contributed by atoms with Crippen LogP contribution in [0.15, 0.2) is 18.2 Å². The van der Waals surface area contributed by atoms with Crippen molar-refractivity contribution in [3.8, 4) is 5.75 Å². The van der Waals surface area contributed by atoms with Crippen LogP contribution in [0, 0.1) is 34.9 Å². The van der Waals surface area contributed by atoms with Crippen molar-refractivity contribution in [2.45, 2.75) is 70.1 Å². The number of phenols is 1. The largest absolute Gasteiger partial charge is 0.507 e. The number of ketones is 3. The summed E-state index contributed by atoms with van der Waals surface area (Å²) in [5.41, 5.74) is 2.48. The highest BCUT2D eigenvalue weighted by Crippen LogP contribution is 2.52. The summed E-state index contributed by atoms with van der Waals surface area (Å²) in [7, 11) is 3.10. The van der Waals surface area contributed by atoms with E-state index in [0.717, 1.165) is 24.9 Å². The van der Waals surface area contributed by atoms with Crippen LogP contribution in [0.25, 0.3) is 10.8 Å². The van der Waals surface area contributed by atoms with Gasteiger partial charge in [0, 0.05) is 28.8 Å². The summed E-state index contributed by atoms with van der Waals surface area (Å²) < 4.78 is 16.1. The van der Waals surface area contributed by atoms with Gasteiger partial charge < -0.3 is 26.7 Å². The van der Waals surface area contributed by atoms with Gasteiger partial charge >= 0.3 is 0 Å². The lowest BCUT2D eigenvalue weighted by Gasteiger charge is -2.53. The first-order valence-electron chi connectivity index (χ1n) is 15.4. The fourth-order valence-corrected chi connectivity index (χ4v) is 7.72. The van der Waals surface area contributed by atoms with E-state index in [-0.39, 0.29) is 34.7 Å². The van der Waals surface area contributed by atoms with Crippen LogP contribution >= 0.6 is 0 Å². The number of Topliss-reactive ketones (excluding diaryl/α,β-unsaturated/α-hetero) is 3. The lowest BCUT2D eigenvalue weighted by molar-refractivity contribution is -0.157. The average Bonchev–Trinajstić information content (AvgIpc) is 2.96. The number of carbonyl (C=O) groups excluding carboxylic acids is 4. The quantitative estimate of drug-likeness (QED) is 0.202. The second-order valence-electron chi connectivity index (χ2n) is 12.8. The smallest absolute Gasteiger partial charge is 0.233 e. The number of amides is 1. The Morgan fingerprint density at radius 3 is 2.52 bits per heavy atom. The van der Waals surface area contributed by atoms with Crippen LogP contribution in [0.4, 0.5) is 4.39 Å². The molecule has 0 saturated heterocycles. The van der Waals surface area contributed by atoms with E-state index in [0.29, 0.717) is 6.54 Å². The second-order valence-corrected chi connectivity index (χ2v) is 12.8. The number of aliphatic hydroxyl groups is 1. The number of hydrogen-bond donors (Lipinski definition) is 5. The monoisotopic (exact) mass is 608 g/mol. The Morgan fingerprint density at radius 1 is 1.16 bits per heavy atom. The zero-order chi connectivity index (χ0) is 32.1. The molecule has 44 heavy (non-hydrogen) atoms. The van der Waals surface area contributed by atoms with Gasteiger partial charge in [-0.2, -0.15) is 0 Å². The number of nitrogens with zero attached hydrogens (tertiary/aromatic N) is 1. The van der Waals surface area contributed by atoms with E-state index in [1.54, 1.807) is 32.3 Å². The molecule has 0 aromatic heterocycles. The number of benzene rings is 2. The third kappa shape index (κ3) is 4.95. The summed E-state index contributed by atoms with van der Waals surface area (Å²) in [6.07, 6.45) is 5.59. The van der Waals surface area contributed by atoms with Gasteiger partial charge in [0.15, 0.2) is 23.0 Å². The highest BCUT2D eigenvalue weighted by atomic mass is 19.1. The Balaban J connectivity index is 1.49. The van der Waals surface area contributed by atoms with Gasteiger partial charge in [-0.15, -0.1) is 0 Å². The number of phenolic OH excluding ortho intramolecular Hbond substituents is 1. The first-order chi connectivity index (χ1) is 20.9. The summed E-state index contributed by atoms with van der Waals surface area (Å²) in [5.74, 6) is -10.1. The zero-order valence-electron chi connectivity index (χ0n) is 25.4. The van der Waals surface area contributed by atoms with E-state index in [4.69, 9.17) is 11.1 Å². The van der Waals surface area contributed by atoms with Gasteiger partial charge in [-0.1, -0.05) is 44.7 Å². The molecule has 3 aliphatic carbocycles. The number of primary amides is 1. The molecular weight excluding hydrogens is 567 g/mol. The molecule has 0 spiro atoms. The number of nitrogens with one attached hydrogen (secondary N) is 2. The van der Waals surface area contributed by atoms with Crippen LogP contribution in [0.5, 0.6) is 5.75 Å². The number of unbranched alkanes of at least 4 members (excludes halogenated alkanes) is 4. The maximum absolute atomic E-state index is 16.1. The molecule has 0 aliphatic heterocycles. The molecule has 236 valence electrons. The molecule has 2 saturated carbocycles. The summed E-state index contributed by atoms with van der Waals surface area (Å²) in [6, 6.07) is 3.85. The number of fused-ring (bicyclic) bond motifs is 4. The van der Waals surface area contributed by atoms with E-state index in [9.17, 15) is 29.4 Å². The molecule has 3 aliphatic rings. The van der Waals surface area contributed by atoms with Crippen LogP contribution in [0.1, 0.15) is 66.9 Å². The molecule has 0 bridgehead atoms. The molecule has 2 aromatic rings. The van der Waals surface area contributed by atoms with Gasteiger partial charge in [0.05, 0.1) is 23.2 Å². The third-order valence-electron chi connectivity index (χ3n) is 9.88. The van der Waals surface area contributed by atoms with Crippen molar-refractivity contribution >= 4 is 39.7 Å². The van der Waals surface area contributed by atoms with E-state index in [2.05, 4.69) is 12.2 Å². The van der Waals surface area contributed by atoms with Crippen LogP contribution in [0.3, 0.4) is 0 Å². The molecule has 6 unspecified atom stereocenters. The van der Waals surface area contributed by atoms with Crippen molar-refractivity contribution in [2.75, 3.05) is 20.6 Å². The molecule has 6 atom stereocenters. The number of nitrogens with two attached hydrogens (primary N) is 1. The van der Waals surface area contributed by atoms with Crippen LogP contribution < -0.4 is 11.1 Å². The maximum atomic E-state index is 16.1.